The summed E-state index contributed by atoms with van der Waals surface area (Å²) < 4.78 is 32.4. The number of sulfonamides is 1. The molecule has 0 amide bonds. The van der Waals surface area contributed by atoms with Crippen molar-refractivity contribution in [3.8, 4) is 5.75 Å². The smallest absolute Gasteiger partial charge is 0.322 e. The van der Waals surface area contributed by atoms with Gasteiger partial charge in [-0.2, -0.15) is 4.31 Å². The molecule has 2 saturated heterocycles. The van der Waals surface area contributed by atoms with E-state index in [4.69, 9.17) is 4.74 Å². The van der Waals surface area contributed by atoms with E-state index in [0.29, 0.717) is 19.3 Å². The average Bonchev–Trinajstić information content (AvgIpc) is 3.53. The number of aliphatic carboxylic acids is 1. The first kappa shape index (κ1) is 24.2. The van der Waals surface area contributed by atoms with Gasteiger partial charge in [-0.3, -0.25) is 9.59 Å². The predicted octanol–water partition coefficient (Wildman–Crippen LogP) is 3.62. The third-order valence-electron chi connectivity index (χ3n) is 6.60. The van der Waals surface area contributed by atoms with Crippen LogP contribution in [0.1, 0.15) is 50.5 Å². The molecule has 8 nitrogen and oxygen atoms in total. The number of anilines is 1. The highest BCUT2D eigenvalue weighted by molar-refractivity contribution is 7.89. The molecular formula is C25H30N2O6S. The van der Waals surface area contributed by atoms with Crippen molar-refractivity contribution in [1.82, 2.24) is 4.31 Å². The normalized spacial score (nSPS) is 19.8. The number of carbonyl (C=O) groups is 2. The van der Waals surface area contributed by atoms with Crippen LogP contribution in [0.5, 0.6) is 5.75 Å². The summed E-state index contributed by atoms with van der Waals surface area (Å²) >= 11 is 0. The zero-order valence-electron chi connectivity index (χ0n) is 19.2. The Bertz CT molecular complexity index is 1130. The van der Waals surface area contributed by atoms with Gasteiger partial charge in [-0.05, 0) is 74.1 Å². The predicted molar refractivity (Wildman–Crippen MR) is 128 cm³/mol. The van der Waals surface area contributed by atoms with Crippen LogP contribution >= 0.6 is 0 Å². The molecule has 2 aromatic carbocycles. The summed E-state index contributed by atoms with van der Waals surface area (Å²) in [5.74, 6) is -1.74. The fraction of sp³-hybridized carbons (Fsp3) is 0.440. The van der Waals surface area contributed by atoms with E-state index in [1.54, 1.807) is 0 Å². The molecule has 0 radical (unpaired) electrons. The minimum Gasteiger partial charge on any atom is -0.480 e. The molecular weight excluding hydrogens is 456 g/mol. The molecule has 0 aromatic heterocycles. The summed E-state index contributed by atoms with van der Waals surface area (Å²) in [6, 6.07) is 12.5. The number of hydrogen-bond acceptors (Lipinski definition) is 6. The first-order valence-electron chi connectivity index (χ1n) is 11.7. The van der Waals surface area contributed by atoms with Crippen molar-refractivity contribution >= 4 is 27.6 Å². The lowest BCUT2D eigenvalue weighted by Crippen LogP contribution is -2.40. The lowest BCUT2D eigenvalue weighted by atomic mass is 9.96. The van der Waals surface area contributed by atoms with Gasteiger partial charge in [0, 0.05) is 25.3 Å². The quantitative estimate of drug-likeness (QED) is 0.449. The molecule has 0 spiro atoms. The van der Waals surface area contributed by atoms with Gasteiger partial charge in [-0.1, -0.05) is 19.1 Å². The van der Waals surface area contributed by atoms with Gasteiger partial charge in [0.2, 0.25) is 10.0 Å². The molecule has 1 N–H and O–H groups in total. The Kier molecular flexibility index (Phi) is 7.23. The maximum atomic E-state index is 12.9. The second kappa shape index (κ2) is 10.1. The van der Waals surface area contributed by atoms with E-state index >= 15 is 0 Å². The minimum absolute atomic E-state index is 0.0232. The summed E-state index contributed by atoms with van der Waals surface area (Å²) in [5, 5.41) is 9.31. The van der Waals surface area contributed by atoms with Crippen LogP contribution < -0.4 is 9.64 Å². The van der Waals surface area contributed by atoms with Crippen LogP contribution in [-0.4, -0.2) is 55.4 Å². The number of carboxylic acid groups (broad SMARTS) is 1. The highest BCUT2D eigenvalue weighted by Gasteiger charge is 2.39. The van der Waals surface area contributed by atoms with Crippen LogP contribution in [0.4, 0.5) is 5.69 Å². The van der Waals surface area contributed by atoms with Crippen molar-refractivity contribution in [2.45, 2.75) is 55.9 Å². The molecule has 2 aromatic rings. The third kappa shape index (κ3) is 4.95. The summed E-state index contributed by atoms with van der Waals surface area (Å²) in [7, 11) is -3.95. The van der Waals surface area contributed by atoms with Crippen molar-refractivity contribution in [2.75, 3.05) is 24.5 Å². The number of benzene rings is 2. The van der Waals surface area contributed by atoms with E-state index < -0.39 is 33.9 Å². The molecule has 1 unspecified atom stereocenters. The molecule has 0 bridgehead atoms. The highest BCUT2D eigenvalue weighted by Crippen LogP contribution is 2.29. The Morgan fingerprint density at radius 3 is 2.24 bits per heavy atom. The van der Waals surface area contributed by atoms with Crippen molar-refractivity contribution in [3.05, 3.63) is 54.1 Å². The second-order valence-electron chi connectivity index (χ2n) is 8.75. The van der Waals surface area contributed by atoms with Gasteiger partial charge in [-0.15, -0.1) is 0 Å². The number of hydrogen-bond donors (Lipinski definition) is 1. The summed E-state index contributed by atoms with van der Waals surface area (Å²) in [4.78, 5) is 26.6. The van der Waals surface area contributed by atoms with E-state index in [1.807, 2.05) is 31.2 Å². The van der Waals surface area contributed by atoms with Gasteiger partial charge in [0.05, 0.1) is 10.8 Å². The molecule has 2 aliphatic heterocycles. The Morgan fingerprint density at radius 1 is 1.00 bits per heavy atom. The van der Waals surface area contributed by atoms with Gasteiger partial charge in [0.1, 0.15) is 11.8 Å². The molecule has 0 saturated carbocycles. The molecule has 2 heterocycles. The van der Waals surface area contributed by atoms with Crippen molar-refractivity contribution < 1.29 is 27.9 Å². The molecule has 2 atom stereocenters. The van der Waals surface area contributed by atoms with Crippen LogP contribution in [0.3, 0.4) is 0 Å². The van der Waals surface area contributed by atoms with Crippen molar-refractivity contribution in [1.29, 1.82) is 0 Å². The zero-order chi connectivity index (χ0) is 24.3. The van der Waals surface area contributed by atoms with Crippen LogP contribution in [-0.2, 0) is 19.6 Å². The standard InChI is InChI=1S/C25H30N2O6S/c1-2-22(18-7-9-19(10-8-18)26-15-3-4-16-26)25(30)33-20-11-13-21(14-12-20)34(31,32)27-17-5-6-23(27)24(28)29/h7-14,22-23H,2-6,15-17H2,1H3,(H,28,29)/t22?,23-/m1/s1. The van der Waals surface area contributed by atoms with Crippen LogP contribution in [0.15, 0.2) is 53.4 Å². The molecule has 2 aliphatic rings. The van der Waals surface area contributed by atoms with Crippen LogP contribution in [0.25, 0.3) is 0 Å². The summed E-state index contributed by atoms with van der Waals surface area (Å²) in [6.45, 7) is 4.20. The Morgan fingerprint density at radius 2 is 1.65 bits per heavy atom. The Labute approximate surface area is 200 Å². The molecule has 182 valence electrons. The Hall–Kier alpha value is -2.91. The lowest BCUT2D eigenvalue weighted by Gasteiger charge is -2.21. The van der Waals surface area contributed by atoms with Gasteiger partial charge in [-0.25, -0.2) is 8.42 Å². The van der Waals surface area contributed by atoms with Gasteiger partial charge < -0.3 is 14.7 Å². The summed E-state index contributed by atoms with van der Waals surface area (Å²) in [6.07, 6.45) is 3.76. The number of esters is 1. The van der Waals surface area contributed by atoms with Crippen LogP contribution in [0, 0.1) is 0 Å². The van der Waals surface area contributed by atoms with E-state index in [9.17, 15) is 23.1 Å². The largest absolute Gasteiger partial charge is 0.480 e. The number of rotatable bonds is 8. The van der Waals surface area contributed by atoms with E-state index in [1.165, 1.54) is 37.1 Å². The molecule has 9 heteroatoms. The van der Waals surface area contributed by atoms with E-state index in [0.717, 1.165) is 28.6 Å². The van der Waals surface area contributed by atoms with Crippen LogP contribution in [0.2, 0.25) is 0 Å². The van der Waals surface area contributed by atoms with Gasteiger partial charge in [0.15, 0.2) is 0 Å². The minimum atomic E-state index is -3.95. The number of ether oxygens (including phenoxy) is 1. The topological polar surface area (TPSA) is 104 Å². The maximum absolute atomic E-state index is 12.9. The first-order chi connectivity index (χ1) is 16.3. The molecule has 2 fully saturated rings. The first-order valence-corrected chi connectivity index (χ1v) is 13.2. The van der Waals surface area contributed by atoms with E-state index in [-0.39, 0.29) is 17.2 Å². The van der Waals surface area contributed by atoms with Gasteiger partial charge >= 0.3 is 11.9 Å². The number of carbonyl (C=O) groups excluding carboxylic acids is 1. The lowest BCUT2D eigenvalue weighted by molar-refractivity contribution is -0.140. The third-order valence-corrected chi connectivity index (χ3v) is 8.52. The fourth-order valence-corrected chi connectivity index (χ4v) is 6.36. The summed E-state index contributed by atoms with van der Waals surface area (Å²) in [5.41, 5.74) is 2.03. The van der Waals surface area contributed by atoms with E-state index in [2.05, 4.69) is 4.90 Å². The zero-order valence-corrected chi connectivity index (χ0v) is 20.0. The molecule has 34 heavy (non-hydrogen) atoms. The fourth-order valence-electron chi connectivity index (χ4n) is 4.71. The monoisotopic (exact) mass is 486 g/mol. The SMILES string of the molecule is CCC(C(=O)Oc1ccc(S(=O)(=O)N2CCC[C@@H]2C(=O)O)cc1)c1ccc(N2CCCC2)cc1. The molecule has 4 rings (SSSR count). The Balaban J connectivity index is 1.44. The average molecular weight is 487 g/mol. The second-order valence-corrected chi connectivity index (χ2v) is 10.6. The highest BCUT2D eigenvalue weighted by atomic mass is 32.2. The molecule has 0 aliphatic carbocycles. The van der Waals surface area contributed by atoms with Gasteiger partial charge in [0.25, 0.3) is 0 Å². The van der Waals surface area contributed by atoms with Crippen molar-refractivity contribution in [3.63, 3.8) is 0 Å². The number of nitrogens with zero attached hydrogens (tertiary/aromatic N) is 2. The van der Waals surface area contributed by atoms with Crippen molar-refractivity contribution in [2.24, 2.45) is 0 Å². The number of carboxylic acids is 1. The maximum Gasteiger partial charge on any atom is 0.322 e.